The number of rotatable bonds is 14. The molecule has 2 atom stereocenters. The first kappa shape index (κ1) is 45.9. The van der Waals surface area contributed by atoms with Gasteiger partial charge in [-0.15, -0.1) is 0 Å². The number of anilines is 2. The summed E-state index contributed by atoms with van der Waals surface area (Å²) < 4.78 is 11.4. The molecule has 0 radical (unpaired) electrons. The number of nitrogens with one attached hydrogen (secondary N) is 3. The van der Waals surface area contributed by atoms with Gasteiger partial charge < -0.3 is 20.5 Å². The fourth-order valence-corrected chi connectivity index (χ4v) is 9.12. The van der Waals surface area contributed by atoms with Crippen molar-refractivity contribution in [2.45, 2.75) is 98.9 Å². The van der Waals surface area contributed by atoms with Crippen molar-refractivity contribution in [1.29, 1.82) is 5.26 Å². The third-order valence-electron chi connectivity index (χ3n) is 12.5. The van der Waals surface area contributed by atoms with E-state index in [4.69, 9.17) is 4.74 Å². The average Bonchev–Trinajstić information content (AvgIpc) is 4.05. The number of H-pyrrole nitrogens is 1. The van der Waals surface area contributed by atoms with Crippen molar-refractivity contribution < 1.29 is 19.4 Å². The van der Waals surface area contributed by atoms with Crippen LogP contribution in [-0.2, 0) is 50.2 Å². The molecule has 6 aromatic rings. The van der Waals surface area contributed by atoms with Crippen LogP contribution in [0, 0.1) is 34.0 Å². The molecule has 16 heteroatoms. The topological polar surface area (TPSA) is 194 Å². The van der Waals surface area contributed by atoms with Crippen molar-refractivity contribution >= 4 is 31.3 Å². The molecule has 0 spiro atoms. The number of carbonyl (C=O) groups excluding carboxylic acids is 2. The van der Waals surface area contributed by atoms with E-state index in [-0.39, 0.29) is 41.1 Å². The second kappa shape index (κ2) is 19.3. The van der Waals surface area contributed by atoms with Crippen LogP contribution >= 0.6 is 0 Å². The van der Waals surface area contributed by atoms with Crippen molar-refractivity contribution in [2.24, 2.45) is 22.7 Å². The minimum atomic E-state index is -1.20. The zero-order chi connectivity index (χ0) is 45.6. The monoisotopic (exact) mass is 883 g/mol. The Kier molecular flexibility index (Phi) is 13.8. The Bertz CT molecular complexity index is 2580. The van der Waals surface area contributed by atoms with E-state index < -0.39 is 8.07 Å². The van der Waals surface area contributed by atoms with Crippen molar-refractivity contribution in [1.82, 2.24) is 39.5 Å². The van der Waals surface area contributed by atoms with E-state index in [1.807, 2.05) is 77.7 Å². The van der Waals surface area contributed by atoms with Crippen LogP contribution in [0.3, 0.4) is 0 Å². The maximum atomic E-state index is 13.3. The van der Waals surface area contributed by atoms with Crippen LogP contribution in [0.25, 0.3) is 0 Å². The fourth-order valence-electron chi connectivity index (χ4n) is 8.36. The first-order chi connectivity index (χ1) is 30.5. The largest absolute Gasteiger partial charge is 0.396 e. The predicted molar refractivity (Wildman–Crippen MR) is 248 cm³/mol. The summed E-state index contributed by atoms with van der Waals surface area (Å²) in [4.78, 5) is 26.1. The molecular formula is C48H61N11O4Si. The Labute approximate surface area is 376 Å². The third kappa shape index (κ3) is 11.1. The molecule has 2 aliphatic rings. The Hall–Kier alpha value is -6.15. The summed E-state index contributed by atoms with van der Waals surface area (Å²) in [6.07, 6.45) is 9.49. The molecule has 2 amide bonds. The lowest BCUT2D eigenvalue weighted by molar-refractivity contribution is 0.0734. The SMILES string of the molecule is CC1(C)Cc2[nH]nc(C(=O)Nc3cnn(Cc4ccccc4)c3)c2CC1CO.CC1(C)Cc2c(c(C(=O)Nc3cnn(Cc4ccccc4)c3)nn2COCC[Si](C)(C)C)CC1C#N. The normalized spacial score (nSPS) is 17.3. The van der Waals surface area contributed by atoms with Crippen LogP contribution in [-0.4, -0.2) is 77.7 Å². The highest BCUT2D eigenvalue weighted by molar-refractivity contribution is 6.76. The van der Waals surface area contributed by atoms with Gasteiger partial charge in [-0.05, 0) is 59.6 Å². The molecule has 4 N–H and O–H groups in total. The van der Waals surface area contributed by atoms with Crippen LogP contribution in [0.4, 0.5) is 11.4 Å². The highest BCUT2D eigenvalue weighted by Crippen LogP contribution is 2.41. The molecule has 8 rings (SSSR count). The lowest BCUT2D eigenvalue weighted by Crippen LogP contribution is -2.35. The zero-order valence-corrected chi connectivity index (χ0v) is 39.1. The van der Waals surface area contributed by atoms with E-state index in [0.29, 0.717) is 68.5 Å². The summed E-state index contributed by atoms with van der Waals surface area (Å²) in [5.41, 5.74) is 7.79. The molecule has 0 aliphatic heterocycles. The van der Waals surface area contributed by atoms with E-state index >= 15 is 0 Å². The highest BCUT2D eigenvalue weighted by Gasteiger charge is 2.41. The molecule has 0 saturated carbocycles. The lowest BCUT2D eigenvalue weighted by atomic mass is 9.68. The number of aromatic nitrogens is 8. The van der Waals surface area contributed by atoms with Gasteiger partial charge in [0.05, 0.1) is 48.8 Å². The van der Waals surface area contributed by atoms with Crippen molar-refractivity contribution in [3.8, 4) is 6.07 Å². The van der Waals surface area contributed by atoms with Gasteiger partial charge in [-0.1, -0.05) is 108 Å². The van der Waals surface area contributed by atoms with E-state index in [2.05, 4.69) is 89.5 Å². The van der Waals surface area contributed by atoms with Gasteiger partial charge in [0.25, 0.3) is 11.8 Å². The van der Waals surface area contributed by atoms with Crippen molar-refractivity contribution in [2.75, 3.05) is 23.8 Å². The molecule has 2 unspecified atom stereocenters. The number of amides is 2. The fraction of sp³-hybridized carbons (Fsp3) is 0.438. The second-order valence-corrected chi connectivity index (χ2v) is 25.3. The molecular weight excluding hydrogens is 823 g/mol. The van der Waals surface area contributed by atoms with E-state index in [1.54, 1.807) is 21.8 Å². The Morgan fingerprint density at radius 3 is 1.97 bits per heavy atom. The van der Waals surface area contributed by atoms with Gasteiger partial charge in [-0.3, -0.25) is 24.1 Å². The molecule has 0 saturated heterocycles. The van der Waals surface area contributed by atoms with Crippen molar-refractivity contribution in [3.63, 3.8) is 0 Å². The number of carbonyl (C=O) groups is 2. The van der Waals surface area contributed by atoms with E-state index in [0.717, 1.165) is 46.1 Å². The summed E-state index contributed by atoms with van der Waals surface area (Å²) in [5, 5.41) is 46.0. The number of ether oxygens (including phenoxy) is 1. The first-order valence-corrected chi connectivity index (χ1v) is 25.7. The Morgan fingerprint density at radius 2 is 1.42 bits per heavy atom. The van der Waals surface area contributed by atoms with Crippen LogP contribution < -0.4 is 10.6 Å². The number of fused-ring (bicyclic) bond motifs is 2. The van der Waals surface area contributed by atoms with Gasteiger partial charge in [0, 0.05) is 56.2 Å². The minimum Gasteiger partial charge on any atom is -0.396 e. The maximum absolute atomic E-state index is 13.3. The number of aromatic amines is 1. The molecule has 336 valence electrons. The van der Waals surface area contributed by atoms with E-state index in [9.17, 15) is 20.0 Å². The van der Waals surface area contributed by atoms with Gasteiger partial charge in [-0.25, -0.2) is 4.68 Å². The average molecular weight is 884 g/mol. The number of aliphatic hydroxyl groups excluding tert-OH is 1. The molecule has 15 nitrogen and oxygen atoms in total. The minimum absolute atomic E-state index is 0.0272. The first-order valence-electron chi connectivity index (χ1n) is 22.0. The molecule has 4 heterocycles. The van der Waals surface area contributed by atoms with Crippen molar-refractivity contribution in [3.05, 3.63) is 130 Å². The lowest BCUT2D eigenvalue weighted by Gasteiger charge is -2.37. The quantitative estimate of drug-likeness (QED) is 0.0630. The second-order valence-electron chi connectivity index (χ2n) is 19.7. The standard InChI is InChI=1S/C27H36N6O2Si.C21H25N5O2/c1-27(2)14-24-23(13-21(27)15-28)25(31-33(24)19-35-11-12-36(3,4)5)26(34)30-22-16-29-32(18-22)17-20-9-7-6-8-10-20;1-21(2)9-18-17(8-15(21)13-27)19(25-24-18)20(28)23-16-10-22-26(12-16)11-14-6-4-3-5-7-14/h6-10,16,18,21H,11-14,17,19H2,1-5H3,(H,30,34);3-7,10,12,15,27H,8-9,11,13H2,1-2H3,(H,23,28)(H,24,25). The predicted octanol–water partition coefficient (Wildman–Crippen LogP) is 7.60. The Balaban J connectivity index is 0.000000197. The van der Waals surface area contributed by atoms with Gasteiger partial charge in [0.15, 0.2) is 11.4 Å². The summed E-state index contributed by atoms with van der Waals surface area (Å²) in [5.74, 6) is -0.621. The zero-order valence-electron chi connectivity index (χ0n) is 38.1. The van der Waals surface area contributed by atoms with Crippen LogP contribution in [0.15, 0.2) is 85.5 Å². The van der Waals surface area contributed by atoms with Crippen LogP contribution in [0.2, 0.25) is 25.7 Å². The number of hydrogen-bond donors (Lipinski definition) is 4. The molecule has 2 aromatic carbocycles. The number of nitrogens with zero attached hydrogens (tertiary/aromatic N) is 8. The summed E-state index contributed by atoms with van der Waals surface area (Å²) >= 11 is 0. The molecule has 4 aromatic heterocycles. The van der Waals surface area contributed by atoms with Crippen LogP contribution in [0.5, 0.6) is 0 Å². The molecule has 0 fully saturated rings. The Morgan fingerprint density at radius 1 is 0.844 bits per heavy atom. The molecule has 2 aliphatic carbocycles. The van der Waals surface area contributed by atoms with Gasteiger partial charge in [0.1, 0.15) is 6.73 Å². The highest BCUT2D eigenvalue weighted by atomic mass is 28.3. The van der Waals surface area contributed by atoms with Gasteiger partial charge in [0.2, 0.25) is 0 Å². The summed E-state index contributed by atoms with van der Waals surface area (Å²) in [7, 11) is -1.20. The van der Waals surface area contributed by atoms with E-state index in [1.165, 1.54) is 0 Å². The summed E-state index contributed by atoms with van der Waals surface area (Å²) in [6, 6.07) is 23.6. The smallest absolute Gasteiger partial charge is 0.276 e. The number of hydrogen-bond acceptors (Lipinski definition) is 9. The number of nitriles is 1. The third-order valence-corrected chi connectivity index (χ3v) is 14.2. The maximum Gasteiger partial charge on any atom is 0.276 e. The molecule has 64 heavy (non-hydrogen) atoms. The summed E-state index contributed by atoms with van der Waals surface area (Å²) in [6.45, 7) is 17.8. The molecule has 0 bridgehead atoms. The number of benzene rings is 2. The van der Waals surface area contributed by atoms with Crippen LogP contribution in [0.1, 0.15) is 82.3 Å². The van der Waals surface area contributed by atoms with Gasteiger partial charge in [-0.2, -0.15) is 25.7 Å². The van der Waals surface area contributed by atoms with Gasteiger partial charge >= 0.3 is 0 Å². The number of aliphatic hydroxyl groups is 1.